The van der Waals surface area contributed by atoms with Gasteiger partial charge in [-0.25, -0.2) is 0 Å². The molecule has 1 aromatic carbocycles. The maximum absolute atomic E-state index is 11.9. The van der Waals surface area contributed by atoms with Crippen LogP contribution in [0.3, 0.4) is 0 Å². The first-order valence-corrected chi connectivity index (χ1v) is 7.90. The zero-order chi connectivity index (χ0) is 16.1. The lowest BCUT2D eigenvalue weighted by molar-refractivity contribution is -0.140. The Balaban J connectivity index is 1.87. The molecule has 1 aliphatic heterocycles. The Bertz CT molecular complexity index is 504. The van der Waals surface area contributed by atoms with Gasteiger partial charge in [0, 0.05) is 32.2 Å². The molecule has 5 heteroatoms. The maximum atomic E-state index is 11.9. The van der Waals surface area contributed by atoms with E-state index in [1.165, 1.54) is 0 Å². The predicted octanol–water partition coefficient (Wildman–Crippen LogP) is 2.07. The third-order valence-electron chi connectivity index (χ3n) is 4.14. The molecule has 0 aliphatic carbocycles. The number of carbonyl (C=O) groups excluding carboxylic acids is 1. The van der Waals surface area contributed by atoms with E-state index in [9.17, 15) is 9.90 Å². The van der Waals surface area contributed by atoms with Crippen LogP contribution in [0.5, 0.6) is 5.75 Å². The fraction of sp³-hybridized carbons (Fsp3) is 0.588. The lowest BCUT2D eigenvalue weighted by Crippen LogP contribution is -2.35. The van der Waals surface area contributed by atoms with E-state index in [1.54, 1.807) is 25.1 Å². The summed E-state index contributed by atoms with van der Waals surface area (Å²) in [5, 5.41) is 13.4. The van der Waals surface area contributed by atoms with Crippen LogP contribution < -0.4 is 5.32 Å². The fourth-order valence-corrected chi connectivity index (χ4v) is 2.86. The highest BCUT2D eigenvalue weighted by Crippen LogP contribution is 2.27. The zero-order valence-corrected chi connectivity index (χ0v) is 13.6. The molecule has 0 unspecified atom stereocenters. The standard InChI is InChI=1S/C17H26N2O3/c1-4-14(13-7-5-6-8-15(13)20)18-11-12-9-10-16(22-12)17(21)19(2)3/h5-8,12,14,16,18,20H,4,9-11H2,1-3H3/t12-,14-,16+/m0/s1. The van der Waals surface area contributed by atoms with E-state index in [4.69, 9.17) is 4.74 Å². The van der Waals surface area contributed by atoms with Crippen LogP contribution in [0.25, 0.3) is 0 Å². The maximum Gasteiger partial charge on any atom is 0.251 e. The van der Waals surface area contributed by atoms with Gasteiger partial charge in [-0.2, -0.15) is 0 Å². The Morgan fingerprint density at radius 2 is 2.14 bits per heavy atom. The highest BCUT2D eigenvalue weighted by Gasteiger charge is 2.31. The molecular weight excluding hydrogens is 280 g/mol. The minimum Gasteiger partial charge on any atom is -0.508 e. The number of ether oxygens (including phenoxy) is 1. The Morgan fingerprint density at radius 1 is 1.41 bits per heavy atom. The Labute approximate surface area is 132 Å². The largest absolute Gasteiger partial charge is 0.508 e. The van der Waals surface area contributed by atoms with Gasteiger partial charge in [-0.1, -0.05) is 25.1 Å². The van der Waals surface area contributed by atoms with Crippen LogP contribution in [0.1, 0.15) is 37.8 Å². The van der Waals surface area contributed by atoms with Crippen molar-refractivity contribution in [3.05, 3.63) is 29.8 Å². The molecule has 0 spiro atoms. The molecule has 1 aromatic rings. The molecule has 1 heterocycles. The van der Waals surface area contributed by atoms with Gasteiger partial charge in [-0.05, 0) is 25.3 Å². The van der Waals surface area contributed by atoms with Crippen LogP contribution in [0.2, 0.25) is 0 Å². The summed E-state index contributed by atoms with van der Waals surface area (Å²) in [6.45, 7) is 2.77. The molecule has 5 nitrogen and oxygen atoms in total. The molecular formula is C17H26N2O3. The number of rotatable bonds is 6. The second-order valence-corrected chi connectivity index (χ2v) is 5.98. The Kier molecular flexibility index (Phi) is 5.80. The molecule has 0 saturated carbocycles. The van der Waals surface area contributed by atoms with E-state index >= 15 is 0 Å². The average Bonchev–Trinajstić information content (AvgIpc) is 2.97. The third kappa shape index (κ3) is 3.99. The summed E-state index contributed by atoms with van der Waals surface area (Å²) < 4.78 is 5.83. The number of aromatic hydroxyl groups is 1. The van der Waals surface area contributed by atoms with E-state index in [0.29, 0.717) is 12.3 Å². The van der Waals surface area contributed by atoms with Crippen molar-refractivity contribution in [2.75, 3.05) is 20.6 Å². The third-order valence-corrected chi connectivity index (χ3v) is 4.14. The average molecular weight is 306 g/mol. The van der Waals surface area contributed by atoms with Crippen molar-refractivity contribution >= 4 is 5.91 Å². The summed E-state index contributed by atoms with van der Waals surface area (Å²) in [5.74, 6) is 0.352. The predicted molar refractivity (Wildman–Crippen MR) is 85.7 cm³/mol. The second kappa shape index (κ2) is 7.61. The number of para-hydroxylation sites is 1. The van der Waals surface area contributed by atoms with Crippen LogP contribution in [-0.4, -0.2) is 48.8 Å². The van der Waals surface area contributed by atoms with Gasteiger partial charge < -0.3 is 20.1 Å². The van der Waals surface area contributed by atoms with E-state index in [0.717, 1.165) is 24.8 Å². The molecule has 3 atom stereocenters. The molecule has 0 aromatic heterocycles. The number of amides is 1. The lowest BCUT2D eigenvalue weighted by Gasteiger charge is -2.21. The Hall–Kier alpha value is -1.59. The summed E-state index contributed by atoms with van der Waals surface area (Å²) in [7, 11) is 3.51. The number of nitrogens with one attached hydrogen (secondary N) is 1. The number of hydrogen-bond donors (Lipinski definition) is 2. The van der Waals surface area contributed by atoms with E-state index in [-0.39, 0.29) is 24.2 Å². The van der Waals surface area contributed by atoms with Crippen molar-refractivity contribution in [2.24, 2.45) is 0 Å². The normalized spacial score (nSPS) is 22.5. The number of phenolic OH excluding ortho intramolecular Hbond substituents is 1. The van der Waals surface area contributed by atoms with Crippen LogP contribution >= 0.6 is 0 Å². The monoisotopic (exact) mass is 306 g/mol. The first-order chi connectivity index (χ1) is 10.5. The van der Waals surface area contributed by atoms with Crippen molar-refractivity contribution in [1.82, 2.24) is 10.2 Å². The molecule has 2 N–H and O–H groups in total. The van der Waals surface area contributed by atoms with Gasteiger partial charge in [0.1, 0.15) is 11.9 Å². The molecule has 0 radical (unpaired) electrons. The SMILES string of the molecule is CC[C@H](NC[C@@H]1CC[C@H](C(=O)N(C)C)O1)c1ccccc1O. The number of benzene rings is 1. The van der Waals surface area contributed by atoms with Crippen LogP contribution in [0.4, 0.5) is 0 Å². The van der Waals surface area contributed by atoms with Crippen molar-refractivity contribution in [3.63, 3.8) is 0 Å². The van der Waals surface area contributed by atoms with Gasteiger partial charge >= 0.3 is 0 Å². The van der Waals surface area contributed by atoms with Crippen molar-refractivity contribution < 1.29 is 14.6 Å². The summed E-state index contributed by atoms with van der Waals surface area (Å²) in [6, 6.07) is 7.48. The van der Waals surface area contributed by atoms with Crippen LogP contribution in [0, 0.1) is 0 Å². The molecule has 1 aliphatic rings. The van der Waals surface area contributed by atoms with Gasteiger partial charge in [0.05, 0.1) is 6.10 Å². The topological polar surface area (TPSA) is 61.8 Å². The molecule has 1 fully saturated rings. The molecule has 22 heavy (non-hydrogen) atoms. The summed E-state index contributed by atoms with van der Waals surface area (Å²) >= 11 is 0. The van der Waals surface area contributed by atoms with Crippen molar-refractivity contribution in [3.8, 4) is 5.75 Å². The molecule has 2 rings (SSSR count). The summed E-state index contributed by atoms with van der Waals surface area (Å²) in [4.78, 5) is 13.5. The van der Waals surface area contributed by atoms with Crippen molar-refractivity contribution in [2.45, 2.75) is 44.4 Å². The zero-order valence-electron chi connectivity index (χ0n) is 13.6. The minimum atomic E-state index is -0.313. The first-order valence-electron chi connectivity index (χ1n) is 7.90. The highest BCUT2D eigenvalue weighted by molar-refractivity contribution is 5.80. The quantitative estimate of drug-likeness (QED) is 0.844. The van der Waals surface area contributed by atoms with E-state index < -0.39 is 0 Å². The van der Waals surface area contributed by atoms with Crippen LogP contribution in [0.15, 0.2) is 24.3 Å². The number of hydrogen-bond acceptors (Lipinski definition) is 4. The molecule has 0 bridgehead atoms. The highest BCUT2D eigenvalue weighted by atomic mass is 16.5. The number of likely N-dealkylation sites (N-methyl/N-ethyl adjacent to an activating group) is 1. The fourth-order valence-electron chi connectivity index (χ4n) is 2.86. The first kappa shape index (κ1) is 16.8. The smallest absolute Gasteiger partial charge is 0.251 e. The van der Waals surface area contributed by atoms with E-state index in [1.807, 2.05) is 18.2 Å². The van der Waals surface area contributed by atoms with Crippen LogP contribution in [-0.2, 0) is 9.53 Å². The lowest BCUT2D eigenvalue weighted by atomic mass is 10.0. The number of phenols is 1. The molecule has 122 valence electrons. The van der Waals surface area contributed by atoms with Gasteiger partial charge in [-0.3, -0.25) is 4.79 Å². The van der Waals surface area contributed by atoms with Gasteiger partial charge in [0.2, 0.25) is 0 Å². The van der Waals surface area contributed by atoms with Crippen molar-refractivity contribution in [1.29, 1.82) is 0 Å². The number of carbonyl (C=O) groups is 1. The van der Waals surface area contributed by atoms with Gasteiger partial charge in [-0.15, -0.1) is 0 Å². The molecule has 1 saturated heterocycles. The second-order valence-electron chi connectivity index (χ2n) is 5.98. The summed E-state index contributed by atoms with van der Waals surface area (Å²) in [6.07, 6.45) is 2.27. The molecule has 1 amide bonds. The number of nitrogens with zero attached hydrogens (tertiary/aromatic N) is 1. The summed E-state index contributed by atoms with van der Waals surface area (Å²) in [5.41, 5.74) is 0.906. The van der Waals surface area contributed by atoms with E-state index in [2.05, 4.69) is 12.2 Å². The Morgan fingerprint density at radius 3 is 2.77 bits per heavy atom. The van der Waals surface area contributed by atoms with Gasteiger partial charge in [0.15, 0.2) is 0 Å². The minimum absolute atomic E-state index is 0.0373. The van der Waals surface area contributed by atoms with Gasteiger partial charge in [0.25, 0.3) is 5.91 Å².